The number of hydrogen-bond acceptors (Lipinski definition) is 3. The van der Waals surface area contributed by atoms with Crippen LogP contribution >= 0.6 is 11.3 Å². The van der Waals surface area contributed by atoms with Gasteiger partial charge in [0.15, 0.2) is 0 Å². The molecule has 4 heteroatoms. The molecule has 0 spiro atoms. The van der Waals surface area contributed by atoms with Gasteiger partial charge in [-0.3, -0.25) is 0 Å². The Balaban J connectivity index is 1.32. The molecule has 1 unspecified atom stereocenters. The second-order valence-corrected chi connectivity index (χ2v) is 20.6. The van der Waals surface area contributed by atoms with Gasteiger partial charge in [0.1, 0.15) is 0 Å². The van der Waals surface area contributed by atoms with Crippen LogP contribution in [-0.4, -0.2) is 6.71 Å². The smallest absolute Gasteiger partial charge is 0.264 e. The fourth-order valence-corrected chi connectivity index (χ4v) is 12.4. The zero-order valence-corrected chi connectivity index (χ0v) is 34.0. The van der Waals surface area contributed by atoms with Crippen LogP contribution in [0.15, 0.2) is 90.5 Å². The van der Waals surface area contributed by atoms with Gasteiger partial charge in [0.25, 0.3) is 6.71 Å². The molecule has 2 aliphatic heterocycles. The third-order valence-electron chi connectivity index (χ3n) is 14.5. The SMILES string of the molecule is Cc1ccccc1N1c2cccc3c2B(c2cc4c(cc2N3c2ccccc2)C(C)(C)CCC4(C)C)c2sc3c(c21)CC1C(=C3)C(C)(C)CCC1(C)C. The van der Waals surface area contributed by atoms with Crippen LogP contribution in [0.4, 0.5) is 34.1 Å². The predicted octanol–water partition coefficient (Wildman–Crippen LogP) is 11.9. The predicted molar refractivity (Wildman–Crippen MR) is 230 cm³/mol. The molecule has 0 saturated heterocycles. The third kappa shape index (κ3) is 4.70. The summed E-state index contributed by atoms with van der Waals surface area (Å²) < 4.78 is 1.52. The van der Waals surface area contributed by atoms with Gasteiger partial charge in [-0.2, -0.15) is 0 Å². The molecule has 1 saturated carbocycles. The van der Waals surface area contributed by atoms with Gasteiger partial charge in [0.2, 0.25) is 0 Å². The molecule has 0 N–H and O–H groups in total. The molecule has 5 aliphatic rings. The van der Waals surface area contributed by atoms with Gasteiger partial charge >= 0.3 is 0 Å². The molecule has 1 aromatic heterocycles. The van der Waals surface area contributed by atoms with E-state index in [1.54, 1.807) is 16.7 Å². The standard InChI is InChI=1S/C49H53BN2S/c1-30-16-13-14-19-38(30)52-40-21-15-20-39-43(40)50(45-44(52)32-26-33-36(29-42(32)53-45)49(8,9)25-22-46(33,2)3)37-27-34-35(48(6,7)24-23-47(34,4)5)28-41(37)51(39)31-17-11-10-12-18-31/h10-21,27-29,33H,22-26H2,1-9H3. The van der Waals surface area contributed by atoms with Gasteiger partial charge in [0.05, 0.1) is 5.69 Å². The van der Waals surface area contributed by atoms with Crippen LogP contribution in [0.1, 0.15) is 108 Å². The van der Waals surface area contributed by atoms with Crippen LogP contribution in [0.25, 0.3) is 6.08 Å². The Kier molecular flexibility index (Phi) is 6.98. The molecular formula is C49H53BN2S. The minimum Gasteiger partial charge on any atom is -0.311 e. The largest absolute Gasteiger partial charge is 0.311 e. The van der Waals surface area contributed by atoms with Crippen molar-refractivity contribution in [1.29, 1.82) is 0 Å². The van der Waals surface area contributed by atoms with Gasteiger partial charge < -0.3 is 9.80 Å². The Morgan fingerprint density at radius 1 is 0.642 bits per heavy atom. The van der Waals surface area contributed by atoms with Gasteiger partial charge in [-0.05, 0) is 142 Å². The molecule has 10 rings (SSSR count). The number of thiophene rings is 1. The Bertz CT molecular complexity index is 2370. The summed E-state index contributed by atoms with van der Waals surface area (Å²) in [5, 5.41) is 0. The molecule has 0 radical (unpaired) electrons. The summed E-state index contributed by atoms with van der Waals surface area (Å²) in [6.07, 6.45) is 8.74. The van der Waals surface area contributed by atoms with Gasteiger partial charge in [-0.25, -0.2) is 0 Å². The summed E-state index contributed by atoms with van der Waals surface area (Å²) in [6, 6.07) is 32.6. The van der Waals surface area contributed by atoms with Crippen LogP contribution in [0.5, 0.6) is 0 Å². The number of anilines is 6. The van der Waals surface area contributed by atoms with Crippen molar-refractivity contribution in [2.24, 2.45) is 16.7 Å². The van der Waals surface area contributed by atoms with Crippen molar-refractivity contribution in [1.82, 2.24) is 0 Å². The number of fused-ring (bicyclic) bond motifs is 8. The highest BCUT2D eigenvalue weighted by Crippen LogP contribution is 2.59. The van der Waals surface area contributed by atoms with E-state index in [4.69, 9.17) is 0 Å². The van der Waals surface area contributed by atoms with Crippen LogP contribution in [-0.2, 0) is 17.3 Å². The van der Waals surface area contributed by atoms with Gasteiger partial charge in [-0.15, -0.1) is 11.3 Å². The first kappa shape index (κ1) is 33.5. The Hall–Kier alpha value is -4.02. The third-order valence-corrected chi connectivity index (χ3v) is 15.7. The minimum absolute atomic E-state index is 0.119. The molecule has 2 nitrogen and oxygen atoms in total. The molecular weight excluding hydrogens is 659 g/mol. The fraction of sp³-hybridized carbons (Fsp3) is 0.388. The lowest BCUT2D eigenvalue weighted by Gasteiger charge is -2.50. The van der Waals surface area contributed by atoms with Crippen molar-refractivity contribution in [2.75, 3.05) is 9.80 Å². The lowest BCUT2D eigenvalue weighted by atomic mass is 9.35. The Morgan fingerprint density at radius 2 is 1.26 bits per heavy atom. The number of allylic oxidation sites excluding steroid dienone is 1. The number of para-hydroxylation sites is 2. The fourth-order valence-electron chi connectivity index (χ4n) is 11.0. The number of benzene rings is 4. The summed E-state index contributed by atoms with van der Waals surface area (Å²) in [7, 11) is 0. The minimum atomic E-state index is 0.119. The van der Waals surface area contributed by atoms with E-state index in [-0.39, 0.29) is 28.4 Å². The van der Waals surface area contributed by atoms with Crippen LogP contribution in [0.3, 0.4) is 0 Å². The van der Waals surface area contributed by atoms with Crippen molar-refractivity contribution in [3.8, 4) is 0 Å². The number of aryl methyl sites for hydroxylation is 1. The first-order chi connectivity index (χ1) is 25.2. The maximum absolute atomic E-state index is 2.69. The zero-order valence-electron chi connectivity index (χ0n) is 33.2. The summed E-state index contributed by atoms with van der Waals surface area (Å²) >= 11 is 2.10. The van der Waals surface area contributed by atoms with E-state index in [1.807, 2.05) is 0 Å². The van der Waals surface area contributed by atoms with Gasteiger partial charge in [-0.1, -0.05) is 109 Å². The van der Waals surface area contributed by atoms with Crippen LogP contribution in [0.2, 0.25) is 0 Å². The quantitative estimate of drug-likeness (QED) is 0.165. The summed E-state index contributed by atoms with van der Waals surface area (Å²) in [5.41, 5.74) is 19.2. The van der Waals surface area contributed by atoms with E-state index in [9.17, 15) is 0 Å². The number of nitrogens with zero attached hydrogens (tertiary/aromatic N) is 2. The highest BCUT2D eigenvalue weighted by molar-refractivity contribution is 7.29. The topological polar surface area (TPSA) is 6.48 Å². The van der Waals surface area contributed by atoms with E-state index in [1.165, 1.54) is 91.5 Å². The van der Waals surface area contributed by atoms with E-state index >= 15 is 0 Å². The van der Waals surface area contributed by atoms with Crippen molar-refractivity contribution in [2.45, 2.75) is 105 Å². The molecule has 268 valence electrons. The normalized spacial score (nSPS) is 22.1. The summed E-state index contributed by atoms with van der Waals surface area (Å²) in [6.45, 7) is 22.4. The molecule has 3 aliphatic carbocycles. The van der Waals surface area contributed by atoms with E-state index < -0.39 is 0 Å². The number of hydrogen-bond donors (Lipinski definition) is 0. The first-order valence-corrected chi connectivity index (χ1v) is 20.9. The molecule has 1 atom stereocenters. The summed E-state index contributed by atoms with van der Waals surface area (Å²) in [5.74, 6) is 0.547. The average molecular weight is 713 g/mol. The van der Waals surface area contributed by atoms with Crippen molar-refractivity contribution >= 4 is 74.0 Å². The van der Waals surface area contributed by atoms with Crippen LogP contribution in [0, 0.1) is 23.7 Å². The Labute approximate surface area is 322 Å². The second kappa shape index (κ2) is 11.0. The molecule has 4 aromatic carbocycles. The number of rotatable bonds is 2. The molecule has 3 heterocycles. The maximum Gasteiger partial charge on any atom is 0.264 e. The van der Waals surface area contributed by atoms with E-state index in [0.29, 0.717) is 5.92 Å². The zero-order chi connectivity index (χ0) is 36.8. The van der Waals surface area contributed by atoms with Crippen LogP contribution < -0.4 is 25.5 Å². The van der Waals surface area contributed by atoms with E-state index in [0.717, 1.165) is 6.42 Å². The Morgan fingerprint density at radius 3 is 1.98 bits per heavy atom. The summed E-state index contributed by atoms with van der Waals surface area (Å²) in [4.78, 5) is 6.78. The average Bonchev–Trinajstić information content (AvgIpc) is 3.50. The molecule has 0 amide bonds. The van der Waals surface area contributed by atoms with Gasteiger partial charge in [0, 0.05) is 38.1 Å². The van der Waals surface area contributed by atoms with Crippen molar-refractivity contribution < 1.29 is 0 Å². The lowest BCUT2D eigenvalue weighted by molar-refractivity contribution is 0.123. The van der Waals surface area contributed by atoms with E-state index in [2.05, 4.69) is 174 Å². The van der Waals surface area contributed by atoms with Crippen molar-refractivity contribution in [3.05, 3.63) is 118 Å². The monoisotopic (exact) mass is 712 g/mol. The second-order valence-electron chi connectivity index (χ2n) is 19.5. The molecule has 53 heavy (non-hydrogen) atoms. The first-order valence-electron chi connectivity index (χ1n) is 20.1. The highest BCUT2D eigenvalue weighted by Gasteiger charge is 2.51. The molecule has 1 fully saturated rings. The maximum atomic E-state index is 2.69. The lowest BCUT2D eigenvalue weighted by Crippen LogP contribution is -2.61. The van der Waals surface area contributed by atoms with Crippen molar-refractivity contribution in [3.63, 3.8) is 0 Å². The molecule has 0 bridgehead atoms. The highest BCUT2D eigenvalue weighted by atomic mass is 32.1. The molecule has 5 aromatic rings.